The Hall–Kier alpha value is -1.70. The van der Waals surface area contributed by atoms with E-state index in [1.165, 1.54) is 0 Å². The second-order valence-electron chi connectivity index (χ2n) is 3.74. The van der Waals surface area contributed by atoms with Gasteiger partial charge in [0.1, 0.15) is 0 Å². The van der Waals surface area contributed by atoms with Crippen LogP contribution < -0.4 is 5.19 Å². The molecule has 0 nitrogen and oxygen atoms in total. The summed E-state index contributed by atoms with van der Waals surface area (Å²) in [6, 6.07) is 6.09. The molecule has 15 heavy (non-hydrogen) atoms. The Kier molecular flexibility index (Phi) is 3.20. The van der Waals surface area contributed by atoms with Crippen LogP contribution in [0, 0.1) is 31.2 Å². The fourth-order valence-electron chi connectivity index (χ4n) is 1.48. The molecule has 0 radical (unpaired) electrons. The predicted molar refractivity (Wildman–Crippen MR) is 69.4 cm³/mol. The Bertz CT molecular complexity index is 471. The summed E-state index contributed by atoms with van der Waals surface area (Å²) in [5.41, 5.74) is 6.81. The van der Waals surface area contributed by atoms with Crippen LogP contribution in [0.25, 0.3) is 0 Å². The molecule has 0 bridgehead atoms. The van der Waals surface area contributed by atoms with Gasteiger partial charge in [0.15, 0.2) is 8.07 Å². The van der Waals surface area contributed by atoms with Crippen molar-refractivity contribution in [3.8, 4) is 24.3 Å². The molecular formula is C14H14Si. The summed E-state index contributed by atoms with van der Waals surface area (Å²) < 4.78 is 0. The fraction of sp³-hybridized carbons (Fsp3) is 0.143. The van der Waals surface area contributed by atoms with Crippen LogP contribution in [0.4, 0.5) is 0 Å². The van der Waals surface area contributed by atoms with Crippen molar-refractivity contribution in [2.75, 3.05) is 0 Å². The molecule has 0 saturated heterocycles. The number of rotatable bonds is 2. The van der Waals surface area contributed by atoms with Crippen LogP contribution in [0.15, 0.2) is 30.5 Å². The van der Waals surface area contributed by atoms with Crippen molar-refractivity contribution in [3.05, 3.63) is 41.6 Å². The highest BCUT2D eigenvalue weighted by Crippen LogP contribution is 2.09. The third-order valence-electron chi connectivity index (χ3n) is 2.60. The zero-order chi connectivity index (χ0) is 11.5. The van der Waals surface area contributed by atoms with E-state index in [1.807, 2.05) is 30.8 Å². The molecule has 1 unspecified atom stereocenters. The van der Waals surface area contributed by atoms with Gasteiger partial charge in [-0.25, -0.2) is 0 Å². The van der Waals surface area contributed by atoms with E-state index >= 15 is 0 Å². The van der Waals surface area contributed by atoms with E-state index in [1.54, 1.807) is 0 Å². The molecule has 0 aliphatic rings. The van der Waals surface area contributed by atoms with E-state index in [2.05, 4.69) is 24.6 Å². The molecule has 0 heterocycles. The van der Waals surface area contributed by atoms with Crippen molar-refractivity contribution in [1.29, 1.82) is 0 Å². The van der Waals surface area contributed by atoms with E-state index in [0.717, 1.165) is 16.3 Å². The SMILES string of the molecule is C#Cc1cc(C)ccc1[Si](C)(C#C)C=C. The lowest BCUT2D eigenvalue weighted by atomic mass is 10.1. The quantitative estimate of drug-likeness (QED) is 0.518. The van der Waals surface area contributed by atoms with Gasteiger partial charge >= 0.3 is 0 Å². The lowest BCUT2D eigenvalue weighted by molar-refractivity contribution is 1.47. The standard InChI is InChI=1S/C14H14Si/c1-6-13-11-12(4)9-10-14(13)15(5,7-2)8-3/h1-2,8-11H,3H2,4-5H3. The largest absolute Gasteiger partial charge is 0.189 e. The van der Waals surface area contributed by atoms with Gasteiger partial charge in [0, 0.05) is 5.56 Å². The van der Waals surface area contributed by atoms with Crippen molar-refractivity contribution >= 4 is 13.3 Å². The number of aryl methyl sites for hydroxylation is 1. The average molecular weight is 210 g/mol. The minimum absolute atomic E-state index is 0.905. The molecule has 0 aliphatic carbocycles. The van der Waals surface area contributed by atoms with Gasteiger partial charge in [-0.2, -0.15) is 0 Å². The normalized spacial score (nSPS) is 13.3. The van der Waals surface area contributed by atoms with Gasteiger partial charge in [0.2, 0.25) is 0 Å². The molecule has 1 heteroatoms. The van der Waals surface area contributed by atoms with E-state index in [0.29, 0.717) is 0 Å². The first-order chi connectivity index (χ1) is 7.07. The van der Waals surface area contributed by atoms with Crippen LogP contribution in [0.3, 0.4) is 0 Å². The van der Waals surface area contributed by atoms with Crippen molar-refractivity contribution in [3.63, 3.8) is 0 Å². The van der Waals surface area contributed by atoms with Crippen LogP contribution >= 0.6 is 0 Å². The third kappa shape index (κ3) is 2.04. The van der Waals surface area contributed by atoms with Gasteiger partial charge < -0.3 is 0 Å². The second-order valence-corrected chi connectivity index (χ2v) is 7.38. The maximum atomic E-state index is 5.58. The summed E-state index contributed by atoms with van der Waals surface area (Å²) in [6.07, 6.45) is 11.1. The fourth-order valence-corrected chi connectivity index (χ4v) is 3.10. The molecule has 0 saturated carbocycles. The Balaban J connectivity index is 3.46. The highest BCUT2D eigenvalue weighted by atomic mass is 28.3. The maximum absolute atomic E-state index is 5.58. The van der Waals surface area contributed by atoms with Crippen LogP contribution in [0.2, 0.25) is 6.55 Å². The van der Waals surface area contributed by atoms with Crippen LogP contribution in [0.5, 0.6) is 0 Å². The monoisotopic (exact) mass is 210 g/mol. The van der Waals surface area contributed by atoms with Crippen LogP contribution in [0.1, 0.15) is 11.1 Å². The zero-order valence-electron chi connectivity index (χ0n) is 9.17. The Labute approximate surface area is 93.0 Å². The molecule has 0 aromatic heterocycles. The number of terminal acetylenes is 2. The van der Waals surface area contributed by atoms with Crippen molar-refractivity contribution in [2.45, 2.75) is 13.5 Å². The molecule has 1 aromatic carbocycles. The molecule has 0 aliphatic heterocycles. The maximum Gasteiger partial charge on any atom is 0.189 e. The second kappa shape index (κ2) is 4.21. The predicted octanol–water partition coefficient (Wildman–Crippen LogP) is 2.16. The van der Waals surface area contributed by atoms with Gasteiger partial charge in [0.25, 0.3) is 0 Å². The highest BCUT2D eigenvalue weighted by Gasteiger charge is 2.25. The summed E-state index contributed by atoms with van der Waals surface area (Å²) >= 11 is 0. The van der Waals surface area contributed by atoms with Crippen LogP contribution in [-0.4, -0.2) is 8.07 Å². The minimum atomic E-state index is -2.01. The minimum Gasteiger partial charge on any atom is -0.126 e. The number of hydrogen-bond donors (Lipinski definition) is 0. The molecule has 0 fully saturated rings. The van der Waals surface area contributed by atoms with Gasteiger partial charge in [-0.3, -0.25) is 0 Å². The van der Waals surface area contributed by atoms with E-state index in [9.17, 15) is 0 Å². The van der Waals surface area contributed by atoms with Gasteiger partial charge in [-0.1, -0.05) is 30.3 Å². The topological polar surface area (TPSA) is 0 Å². The van der Waals surface area contributed by atoms with Gasteiger partial charge in [0.05, 0.1) is 0 Å². The third-order valence-corrected chi connectivity index (χ3v) is 5.57. The first-order valence-electron chi connectivity index (χ1n) is 4.76. The zero-order valence-corrected chi connectivity index (χ0v) is 10.2. The molecule has 1 atom stereocenters. The van der Waals surface area contributed by atoms with Crippen molar-refractivity contribution < 1.29 is 0 Å². The lowest BCUT2D eigenvalue weighted by Gasteiger charge is -2.18. The summed E-state index contributed by atoms with van der Waals surface area (Å²) in [4.78, 5) is 0. The average Bonchev–Trinajstić information content (AvgIpc) is 2.27. The first-order valence-corrected chi connectivity index (χ1v) is 7.34. The Morgan fingerprint density at radius 2 is 2.07 bits per heavy atom. The van der Waals surface area contributed by atoms with Gasteiger partial charge in [-0.15, -0.1) is 25.0 Å². The molecule has 0 amide bonds. The summed E-state index contributed by atoms with van der Waals surface area (Å²) in [7, 11) is -2.01. The summed E-state index contributed by atoms with van der Waals surface area (Å²) in [6.45, 7) is 7.92. The smallest absolute Gasteiger partial charge is 0.126 e. The summed E-state index contributed by atoms with van der Waals surface area (Å²) in [5.74, 6) is 2.70. The Morgan fingerprint density at radius 1 is 1.40 bits per heavy atom. The van der Waals surface area contributed by atoms with Crippen molar-refractivity contribution in [2.24, 2.45) is 0 Å². The van der Waals surface area contributed by atoms with Crippen LogP contribution in [-0.2, 0) is 0 Å². The van der Waals surface area contributed by atoms with E-state index in [4.69, 9.17) is 12.8 Å². The van der Waals surface area contributed by atoms with Crippen molar-refractivity contribution in [1.82, 2.24) is 0 Å². The molecular weight excluding hydrogens is 196 g/mol. The molecule has 74 valence electrons. The number of hydrogen-bond acceptors (Lipinski definition) is 0. The molecule has 1 rings (SSSR count). The van der Waals surface area contributed by atoms with E-state index in [-0.39, 0.29) is 0 Å². The van der Waals surface area contributed by atoms with Gasteiger partial charge in [-0.05, 0) is 23.7 Å². The first kappa shape index (κ1) is 11.4. The van der Waals surface area contributed by atoms with E-state index < -0.39 is 8.07 Å². The number of benzene rings is 1. The Morgan fingerprint density at radius 3 is 2.53 bits per heavy atom. The summed E-state index contributed by atoms with van der Waals surface area (Å²) in [5, 5.41) is 1.10. The molecule has 0 N–H and O–H groups in total. The molecule has 0 spiro atoms. The lowest BCUT2D eigenvalue weighted by Crippen LogP contribution is -2.43. The highest BCUT2D eigenvalue weighted by molar-refractivity contribution is 7.01. The molecule has 1 aromatic rings.